The van der Waals surface area contributed by atoms with Crippen LogP contribution in [0.2, 0.25) is 0 Å². The molecule has 2 aliphatic rings. The molecule has 0 amide bonds. The maximum absolute atomic E-state index is 11.2. The molecule has 0 aromatic heterocycles. The number of aliphatic carboxylic acids is 1. The Balaban J connectivity index is 1.98. The van der Waals surface area contributed by atoms with Crippen molar-refractivity contribution in [3.63, 3.8) is 0 Å². The van der Waals surface area contributed by atoms with Crippen molar-refractivity contribution in [2.75, 3.05) is 7.11 Å². The van der Waals surface area contributed by atoms with Crippen LogP contribution in [-0.4, -0.2) is 18.2 Å². The van der Waals surface area contributed by atoms with Gasteiger partial charge in [-0.3, -0.25) is 4.79 Å². The van der Waals surface area contributed by atoms with E-state index in [1.54, 1.807) is 7.11 Å². The Bertz CT molecular complexity index is 532. The molecule has 0 heterocycles. The van der Waals surface area contributed by atoms with Gasteiger partial charge >= 0.3 is 5.97 Å². The first kappa shape index (κ1) is 14.4. The number of hydrogen-bond donors (Lipinski definition) is 1. The van der Waals surface area contributed by atoms with Gasteiger partial charge in [0.1, 0.15) is 5.75 Å². The van der Waals surface area contributed by atoms with Gasteiger partial charge in [0.25, 0.3) is 0 Å². The maximum Gasteiger partial charge on any atom is 0.303 e. The third-order valence-electron chi connectivity index (χ3n) is 4.93. The number of rotatable bonds is 5. The fourth-order valence-electron chi connectivity index (χ4n) is 3.64. The molecule has 1 atom stereocenters. The number of carbonyl (C=O) groups is 1. The van der Waals surface area contributed by atoms with E-state index in [1.807, 2.05) is 0 Å². The van der Waals surface area contributed by atoms with Gasteiger partial charge in [0.2, 0.25) is 0 Å². The van der Waals surface area contributed by atoms with E-state index >= 15 is 0 Å². The van der Waals surface area contributed by atoms with E-state index in [-0.39, 0.29) is 12.3 Å². The van der Waals surface area contributed by atoms with Crippen LogP contribution in [0, 0.1) is 5.92 Å². The summed E-state index contributed by atoms with van der Waals surface area (Å²) in [6.45, 7) is 0. The second-order valence-electron chi connectivity index (χ2n) is 6.47. The van der Waals surface area contributed by atoms with Gasteiger partial charge < -0.3 is 9.84 Å². The monoisotopic (exact) mass is 288 g/mol. The smallest absolute Gasteiger partial charge is 0.303 e. The standard InChI is InChI=1S/C18H24O3/c1-21-17-10-14-6-4-2-3-5-13(14)9-16(17)15(11-18(19)20)12-7-8-12/h9-10,12,15H,2-8,11H2,1H3,(H,19,20). The first-order chi connectivity index (χ1) is 10.2. The minimum absolute atomic E-state index is 0.117. The number of carboxylic acids is 1. The number of aryl methyl sites for hydroxylation is 2. The summed E-state index contributed by atoms with van der Waals surface area (Å²) in [4.78, 5) is 11.2. The second-order valence-corrected chi connectivity index (χ2v) is 6.47. The molecule has 1 unspecified atom stereocenters. The van der Waals surface area contributed by atoms with Gasteiger partial charge in [-0.15, -0.1) is 0 Å². The zero-order valence-electron chi connectivity index (χ0n) is 12.7. The van der Waals surface area contributed by atoms with Gasteiger partial charge in [-0.1, -0.05) is 12.5 Å². The van der Waals surface area contributed by atoms with Crippen LogP contribution in [0.5, 0.6) is 5.75 Å². The lowest BCUT2D eigenvalue weighted by Crippen LogP contribution is -2.11. The molecule has 0 radical (unpaired) electrons. The van der Waals surface area contributed by atoms with Crippen LogP contribution in [0.1, 0.15) is 61.1 Å². The summed E-state index contributed by atoms with van der Waals surface area (Å²) in [5.41, 5.74) is 3.94. The maximum atomic E-state index is 11.2. The zero-order valence-corrected chi connectivity index (χ0v) is 12.7. The topological polar surface area (TPSA) is 46.5 Å². The van der Waals surface area contributed by atoms with Crippen molar-refractivity contribution < 1.29 is 14.6 Å². The van der Waals surface area contributed by atoms with Crippen molar-refractivity contribution in [2.24, 2.45) is 5.92 Å². The van der Waals surface area contributed by atoms with Crippen molar-refractivity contribution >= 4 is 5.97 Å². The van der Waals surface area contributed by atoms with Crippen LogP contribution < -0.4 is 4.74 Å². The molecule has 1 saturated carbocycles. The van der Waals surface area contributed by atoms with Crippen LogP contribution in [0.25, 0.3) is 0 Å². The molecule has 1 aromatic rings. The highest BCUT2D eigenvalue weighted by molar-refractivity contribution is 5.68. The Morgan fingerprint density at radius 2 is 1.90 bits per heavy atom. The van der Waals surface area contributed by atoms with E-state index < -0.39 is 5.97 Å². The van der Waals surface area contributed by atoms with Crippen LogP contribution in [0.4, 0.5) is 0 Å². The number of methoxy groups -OCH3 is 1. The molecule has 2 aliphatic carbocycles. The summed E-state index contributed by atoms with van der Waals surface area (Å²) in [6, 6.07) is 4.43. The molecule has 0 bridgehead atoms. The summed E-state index contributed by atoms with van der Waals surface area (Å²) in [5.74, 6) is 0.836. The second kappa shape index (κ2) is 6.08. The van der Waals surface area contributed by atoms with Gasteiger partial charge in [0.05, 0.1) is 13.5 Å². The quantitative estimate of drug-likeness (QED) is 0.835. The Morgan fingerprint density at radius 1 is 1.24 bits per heavy atom. The minimum Gasteiger partial charge on any atom is -0.496 e. The van der Waals surface area contributed by atoms with E-state index in [9.17, 15) is 9.90 Å². The molecule has 1 aromatic carbocycles. The lowest BCUT2D eigenvalue weighted by atomic mass is 9.87. The van der Waals surface area contributed by atoms with Crippen LogP contribution in [-0.2, 0) is 17.6 Å². The number of carboxylic acid groups (broad SMARTS) is 1. The molecule has 1 fully saturated rings. The molecular weight excluding hydrogens is 264 g/mol. The predicted molar refractivity (Wildman–Crippen MR) is 82.0 cm³/mol. The Hall–Kier alpha value is -1.51. The SMILES string of the molecule is COc1cc2c(cc1C(CC(=O)O)C1CC1)CCCCC2. The van der Waals surface area contributed by atoms with E-state index in [2.05, 4.69) is 12.1 Å². The van der Waals surface area contributed by atoms with Crippen molar-refractivity contribution in [3.05, 3.63) is 28.8 Å². The van der Waals surface area contributed by atoms with Crippen LogP contribution in [0.3, 0.4) is 0 Å². The first-order valence-electron chi connectivity index (χ1n) is 8.10. The van der Waals surface area contributed by atoms with E-state index in [1.165, 1.54) is 30.4 Å². The zero-order chi connectivity index (χ0) is 14.8. The number of benzene rings is 1. The van der Waals surface area contributed by atoms with Gasteiger partial charge in [-0.2, -0.15) is 0 Å². The molecule has 3 heteroatoms. The summed E-state index contributed by atoms with van der Waals surface area (Å²) in [6.07, 6.45) is 8.54. The molecule has 0 spiro atoms. The van der Waals surface area contributed by atoms with Gasteiger partial charge in [0.15, 0.2) is 0 Å². The highest BCUT2D eigenvalue weighted by Gasteiger charge is 2.35. The molecule has 114 valence electrons. The molecule has 3 rings (SSSR count). The van der Waals surface area contributed by atoms with Gasteiger partial charge in [-0.25, -0.2) is 0 Å². The molecule has 3 nitrogen and oxygen atoms in total. The molecule has 21 heavy (non-hydrogen) atoms. The summed E-state index contributed by atoms with van der Waals surface area (Å²) >= 11 is 0. The Morgan fingerprint density at radius 3 is 2.48 bits per heavy atom. The molecule has 1 N–H and O–H groups in total. The largest absolute Gasteiger partial charge is 0.496 e. The van der Waals surface area contributed by atoms with Crippen molar-refractivity contribution in [1.29, 1.82) is 0 Å². The van der Waals surface area contributed by atoms with Crippen molar-refractivity contribution in [3.8, 4) is 5.75 Å². The molecule has 0 aliphatic heterocycles. The Kier molecular flexibility index (Phi) is 4.18. The van der Waals surface area contributed by atoms with Crippen LogP contribution >= 0.6 is 0 Å². The third-order valence-corrected chi connectivity index (χ3v) is 4.93. The number of ether oxygens (including phenoxy) is 1. The van der Waals surface area contributed by atoms with E-state index in [0.29, 0.717) is 5.92 Å². The average Bonchev–Trinajstić information content (AvgIpc) is 3.29. The van der Waals surface area contributed by atoms with Gasteiger partial charge in [-0.05, 0) is 67.2 Å². The van der Waals surface area contributed by atoms with E-state index in [0.717, 1.165) is 37.0 Å². The van der Waals surface area contributed by atoms with Crippen LogP contribution in [0.15, 0.2) is 12.1 Å². The summed E-state index contributed by atoms with van der Waals surface area (Å²) in [5, 5.41) is 9.23. The van der Waals surface area contributed by atoms with Crippen molar-refractivity contribution in [2.45, 2.75) is 57.3 Å². The normalized spacial score (nSPS) is 19.5. The minimum atomic E-state index is -0.705. The number of hydrogen-bond acceptors (Lipinski definition) is 2. The lowest BCUT2D eigenvalue weighted by Gasteiger charge is -2.21. The van der Waals surface area contributed by atoms with Crippen molar-refractivity contribution in [1.82, 2.24) is 0 Å². The molecule has 0 saturated heterocycles. The third kappa shape index (κ3) is 3.22. The summed E-state index contributed by atoms with van der Waals surface area (Å²) in [7, 11) is 1.70. The Labute approximate surface area is 126 Å². The average molecular weight is 288 g/mol. The van der Waals surface area contributed by atoms with Gasteiger partial charge in [0, 0.05) is 5.92 Å². The predicted octanol–water partition coefficient (Wildman–Crippen LogP) is 3.93. The first-order valence-corrected chi connectivity index (χ1v) is 8.10. The lowest BCUT2D eigenvalue weighted by molar-refractivity contribution is -0.137. The fourth-order valence-corrected chi connectivity index (χ4v) is 3.64. The fraction of sp³-hybridized carbons (Fsp3) is 0.611. The highest BCUT2D eigenvalue weighted by Crippen LogP contribution is 2.47. The number of fused-ring (bicyclic) bond motifs is 1. The molecular formula is C18H24O3. The summed E-state index contributed by atoms with van der Waals surface area (Å²) < 4.78 is 5.60. The highest BCUT2D eigenvalue weighted by atomic mass is 16.5. The van der Waals surface area contributed by atoms with E-state index in [4.69, 9.17) is 4.74 Å².